The number of hydrogen-bond acceptors (Lipinski definition) is 4. The fraction of sp³-hybridized carbons (Fsp3) is 0.0192. The van der Waals surface area contributed by atoms with Crippen LogP contribution in [0.5, 0.6) is 0 Å². The number of hydrogen-bond donors (Lipinski definition) is 0. The van der Waals surface area contributed by atoms with E-state index in [1.165, 1.54) is 38.9 Å². The molecule has 4 heteroatoms. The lowest BCUT2D eigenvalue weighted by Gasteiger charge is -2.17. The van der Waals surface area contributed by atoms with Crippen molar-refractivity contribution in [3.63, 3.8) is 0 Å². The maximum absolute atomic E-state index is 6.88. The second-order valence-corrected chi connectivity index (χ2v) is 14.3. The number of fused-ring (bicyclic) bond motifs is 7. The van der Waals surface area contributed by atoms with Gasteiger partial charge in [0.15, 0.2) is 17.5 Å². The molecule has 0 amide bonds. The minimum Gasteiger partial charge on any atom is -0.455 e. The normalized spacial score (nSPS) is 13.2. The number of benzene rings is 8. The van der Waals surface area contributed by atoms with Crippen molar-refractivity contribution in [1.29, 1.82) is 0 Å². The Hall–Kier alpha value is -7.43. The zero-order chi connectivity index (χ0) is 37.0. The third-order valence-electron chi connectivity index (χ3n) is 11.0. The lowest BCUT2D eigenvalue weighted by molar-refractivity contribution is 0.670. The average molecular weight is 716 g/mol. The Kier molecular flexibility index (Phi) is 7.52. The standard InChI is InChI=1S/C52H33N3O/c1-4-15-33(16-5-1)34-27-29-35(30-28-34)46-41-24-11-10-23-40(41)44-32-43(49-48(47(44)46)42-25-12-13-26-45(42)56-49)38-21-14-22-39(31-38)52-54-50(36-17-6-2-7-18-36)53-51(55-52)37-19-8-3-9-20-37/h1-32,46H. The molecule has 0 saturated carbocycles. The monoisotopic (exact) mass is 715 g/mol. The molecule has 262 valence electrons. The Morgan fingerprint density at radius 1 is 0.375 bits per heavy atom. The van der Waals surface area contributed by atoms with Crippen molar-refractivity contribution in [3.05, 3.63) is 211 Å². The number of para-hydroxylation sites is 1. The van der Waals surface area contributed by atoms with E-state index in [0.717, 1.165) is 49.8 Å². The van der Waals surface area contributed by atoms with Crippen LogP contribution in [0.25, 0.3) is 89.5 Å². The summed E-state index contributed by atoms with van der Waals surface area (Å²) in [5.41, 5.74) is 15.4. The van der Waals surface area contributed by atoms with E-state index in [9.17, 15) is 0 Å². The fourth-order valence-corrected chi connectivity index (χ4v) is 8.42. The molecule has 56 heavy (non-hydrogen) atoms. The highest BCUT2D eigenvalue weighted by molar-refractivity contribution is 6.15. The fourth-order valence-electron chi connectivity index (χ4n) is 8.42. The Balaban J connectivity index is 1.11. The van der Waals surface area contributed by atoms with Crippen LogP contribution in [0.2, 0.25) is 0 Å². The summed E-state index contributed by atoms with van der Waals surface area (Å²) in [6.07, 6.45) is 0. The van der Waals surface area contributed by atoms with Crippen LogP contribution < -0.4 is 0 Å². The maximum Gasteiger partial charge on any atom is 0.164 e. The lowest BCUT2D eigenvalue weighted by atomic mass is 9.85. The van der Waals surface area contributed by atoms with Crippen molar-refractivity contribution in [2.45, 2.75) is 5.92 Å². The van der Waals surface area contributed by atoms with E-state index in [4.69, 9.17) is 19.4 Å². The second kappa shape index (κ2) is 13.2. The Morgan fingerprint density at radius 3 is 1.61 bits per heavy atom. The molecule has 0 radical (unpaired) electrons. The van der Waals surface area contributed by atoms with E-state index in [1.54, 1.807) is 0 Å². The molecule has 0 aliphatic heterocycles. The highest BCUT2D eigenvalue weighted by Crippen LogP contribution is 2.54. The minimum absolute atomic E-state index is 0.0490. The van der Waals surface area contributed by atoms with Gasteiger partial charge in [-0.05, 0) is 62.7 Å². The molecule has 2 aromatic heterocycles. The van der Waals surface area contributed by atoms with Crippen molar-refractivity contribution in [1.82, 2.24) is 15.0 Å². The van der Waals surface area contributed by atoms with Crippen LogP contribution in [0.15, 0.2) is 199 Å². The number of rotatable bonds is 6. The van der Waals surface area contributed by atoms with Gasteiger partial charge in [-0.25, -0.2) is 15.0 Å². The van der Waals surface area contributed by atoms with E-state index in [2.05, 4.69) is 133 Å². The summed E-state index contributed by atoms with van der Waals surface area (Å²) in [5.74, 6) is 1.94. The van der Waals surface area contributed by atoms with E-state index in [1.807, 2.05) is 60.7 Å². The van der Waals surface area contributed by atoms with Crippen molar-refractivity contribution < 1.29 is 4.42 Å². The van der Waals surface area contributed by atoms with Crippen LogP contribution in [0.1, 0.15) is 22.6 Å². The molecule has 10 aromatic rings. The minimum atomic E-state index is 0.0490. The quantitative estimate of drug-likeness (QED) is 0.172. The first kappa shape index (κ1) is 32.0. The predicted octanol–water partition coefficient (Wildman–Crippen LogP) is 13.3. The van der Waals surface area contributed by atoms with Gasteiger partial charge in [-0.1, -0.05) is 176 Å². The molecule has 0 bridgehead atoms. The molecule has 2 heterocycles. The molecule has 8 aromatic carbocycles. The topological polar surface area (TPSA) is 51.8 Å². The van der Waals surface area contributed by atoms with Gasteiger partial charge in [-0.2, -0.15) is 0 Å². The van der Waals surface area contributed by atoms with Gasteiger partial charge in [0.2, 0.25) is 0 Å². The van der Waals surface area contributed by atoms with Gasteiger partial charge < -0.3 is 4.42 Å². The van der Waals surface area contributed by atoms with Crippen molar-refractivity contribution in [2.24, 2.45) is 0 Å². The van der Waals surface area contributed by atoms with Gasteiger partial charge in [-0.3, -0.25) is 0 Å². The van der Waals surface area contributed by atoms with E-state index in [0.29, 0.717) is 17.5 Å². The Morgan fingerprint density at radius 2 is 0.911 bits per heavy atom. The summed E-state index contributed by atoms with van der Waals surface area (Å²) < 4.78 is 6.88. The largest absolute Gasteiger partial charge is 0.455 e. The van der Waals surface area contributed by atoms with E-state index in [-0.39, 0.29) is 5.92 Å². The second-order valence-electron chi connectivity index (χ2n) is 14.3. The molecule has 0 saturated heterocycles. The molecule has 0 spiro atoms. The van der Waals surface area contributed by atoms with Gasteiger partial charge in [0.05, 0.1) is 0 Å². The van der Waals surface area contributed by atoms with Crippen LogP contribution in [-0.4, -0.2) is 15.0 Å². The molecule has 0 N–H and O–H groups in total. The van der Waals surface area contributed by atoms with Gasteiger partial charge in [0, 0.05) is 38.9 Å². The highest BCUT2D eigenvalue weighted by atomic mass is 16.3. The Labute approximate surface area is 324 Å². The number of nitrogens with zero attached hydrogens (tertiary/aromatic N) is 3. The van der Waals surface area contributed by atoms with Crippen molar-refractivity contribution in [2.75, 3.05) is 0 Å². The first-order chi connectivity index (χ1) is 27.8. The summed E-state index contributed by atoms with van der Waals surface area (Å²) in [6.45, 7) is 0. The van der Waals surface area contributed by atoms with Crippen molar-refractivity contribution >= 4 is 21.9 Å². The summed E-state index contributed by atoms with van der Waals surface area (Å²) in [7, 11) is 0. The molecule has 1 atom stereocenters. The summed E-state index contributed by atoms with van der Waals surface area (Å²) in [6, 6.07) is 68.0. The van der Waals surface area contributed by atoms with Crippen LogP contribution in [-0.2, 0) is 0 Å². The first-order valence-electron chi connectivity index (χ1n) is 19.0. The first-order valence-corrected chi connectivity index (χ1v) is 19.0. The third-order valence-corrected chi connectivity index (χ3v) is 11.0. The SMILES string of the molecule is c1ccc(-c2ccc(C3c4ccccc4-c4cc(-c5cccc(-c6nc(-c7ccccc7)nc(-c7ccccc7)n6)c5)c5oc6ccccc6c5c43)cc2)cc1. The molecular weight excluding hydrogens is 683 g/mol. The summed E-state index contributed by atoms with van der Waals surface area (Å²) in [4.78, 5) is 15.0. The molecular formula is C52H33N3O. The van der Waals surface area contributed by atoms with Crippen molar-refractivity contribution in [3.8, 4) is 67.5 Å². The smallest absolute Gasteiger partial charge is 0.164 e. The zero-order valence-corrected chi connectivity index (χ0v) is 30.3. The van der Waals surface area contributed by atoms with Crippen LogP contribution in [0.3, 0.4) is 0 Å². The third kappa shape index (κ3) is 5.34. The lowest BCUT2D eigenvalue weighted by Crippen LogP contribution is -2.00. The Bertz CT molecular complexity index is 3000. The van der Waals surface area contributed by atoms with Gasteiger partial charge >= 0.3 is 0 Å². The van der Waals surface area contributed by atoms with Crippen LogP contribution >= 0.6 is 0 Å². The summed E-state index contributed by atoms with van der Waals surface area (Å²) >= 11 is 0. The molecule has 11 rings (SSSR count). The molecule has 1 aliphatic rings. The van der Waals surface area contributed by atoms with E-state index < -0.39 is 0 Å². The maximum atomic E-state index is 6.88. The van der Waals surface area contributed by atoms with Crippen LogP contribution in [0, 0.1) is 0 Å². The molecule has 0 fully saturated rings. The highest BCUT2D eigenvalue weighted by Gasteiger charge is 2.34. The summed E-state index contributed by atoms with van der Waals surface area (Å²) in [5, 5.41) is 2.28. The predicted molar refractivity (Wildman–Crippen MR) is 227 cm³/mol. The van der Waals surface area contributed by atoms with Crippen LogP contribution in [0.4, 0.5) is 0 Å². The number of furan rings is 1. The number of aromatic nitrogens is 3. The van der Waals surface area contributed by atoms with E-state index >= 15 is 0 Å². The van der Waals surface area contributed by atoms with Gasteiger partial charge in [0.25, 0.3) is 0 Å². The molecule has 1 unspecified atom stereocenters. The molecule has 4 nitrogen and oxygen atoms in total. The average Bonchev–Trinajstić information content (AvgIpc) is 3.83. The van der Waals surface area contributed by atoms with Gasteiger partial charge in [-0.15, -0.1) is 0 Å². The zero-order valence-electron chi connectivity index (χ0n) is 30.3. The molecule has 1 aliphatic carbocycles. The van der Waals surface area contributed by atoms with Gasteiger partial charge in [0.1, 0.15) is 11.2 Å².